The van der Waals surface area contributed by atoms with Gasteiger partial charge >= 0.3 is 0 Å². The van der Waals surface area contributed by atoms with Crippen LogP contribution in [0.2, 0.25) is 0 Å². The van der Waals surface area contributed by atoms with Crippen LogP contribution in [0.1, 0.15) is 37.8 Å². The lowest BCUT2D eigenvalue weighted by Gasteiger charge is -2.11. The Morgan fingerprint density at radius 2 is 2.20 bits per heavy atom. The summed E-state index contributed by atoms with van der Waals surface area (Å²) >= 11 is 0. The van der Waals surface area contributed by atoms with E-state index in [1.165, 1.54) is 19.3 Å². The van der Waals surface area contributed by atoms with Crippen molar-refractivity contribution in [3.05, 3.63) is 11.6 Å². The molecule has 0 aromatic carbocycles. The molecule has 84 valence electrons. The first-order chi connectivity index (χ1) is 7.16. The number of nitrogens with one attached hydrogen (secondary N) is 1. The standard InChI is InChI=1S/C11H20N4/c1-8-4-5-10(6-8)12-7-11-14-13-9(2)15(11)3/h8,10,12H,4-7H2,1-3H3. The van der Waals surface area contributed by atoms with Crippen LogP contribution in [0, 0.1) is 12.8 Å². The number of rotatable bonds is 3. The highest BCUT2D eigenvalue weighted by Gasteiger charge is 2.21. The highest BCUT2D eigenvalue weighted by molar-refractivity contribution is 4.93. The molecule has 1 N–H and O–H groups in total. The molecule has 2 atom stereocenters. The molecule has 0 aliphatic heterocycles. The summed E-state index contributed by atoms with van der Waals surface area (Å²) < 4.78 is 2.05. The van der Waals surface area contributed by atoms with Gasteiger partial charge in [-0.25, -0.2) is 0 Å². The van der Waals surface area contributed by atoms with E-state index < -0.39 is 0 Å². The normalized spacial score (nSPS) is 26.1. The van der Waals surface area contributed by atoms with Gasteiger partial charge in [0.15, 0.2) is 0 Å². The Morgan fingerprint density at radius 3 is 2.73 bits per heavy atom. The quantitative estimate of drug-likeness (QED) is 0.816. The number of hydrogen-bond acceptors (Lipinski definition) is 3. The molecule has 0 spiro atoms. The molecule has 1 aromatic heterocycles. The molecule has 1 aliphatic carbocycles. The molecule has 4 heteroatoms. The van der Waals surface area contributed by atoms with Gasteiger partial charge in [0.25, 0.3) is 0 Å². The van der Waals surface area contributed by atoms with Crippen LogP contribution in [0.25, 0.3) is 0 Å². The van der Waals surface area contributed by atoms with Crippen molar-refractivity contribution >= 4 is 0 Å². The summed E-state index contributed by atoms with van der Waals surface area (Å²) in [6, 6.07) is 0.678. The van der Waals surface area contributed by atoms with E-state index >= 15 is 0 Å². The number of aryl methyl sites for hydroxylation is 1. The molecule has 0 radical (unpaired) electrons. The third-order valence-corrected chi connectivity index (χ3v) is 3.43. The lowest BCUT2D eigenvalue weighted by atomic mass is 10.1. The van der Waals surface area contributed by atoms with E-state index in [4.69, 9.17) is 0 Å². The van der Waals surface area contributed by atoms with Crippen LogP contribution in [0.5, 0.6) is 0 Å². The molecule has 1 fully saturated rings. The fourth-order valence-corrected chi connectivity index (χ4v) is 2.23. The van der Waals surface area contributed by atoms with Crippen molar-refractivity contribution in [1.29, 1.82) is 0 Å². The summed E-state index contributed by atoms with van der Waals surface area (Å²) in [5.74, 6) is 2.89. The van der Waals surface area contributed by atoms with Crippen LogP contribution in [0.15, 0.2) is 0 Å². The Bertz CT molecular complexity index is 331. The zero-order valence-electron chi connectivity index (χ0n) is 9.82. The van der Waals surface area contributed by atoms with Crippen molar-refractivity contribution in [2.24, 2.45) is 13.0 Å². The molecular weight excluding hydrogens is 188 g/mol. The Labute approximate surface area is 91.1 Å². The zero-order valence-corrected chi connectivity index (χ0v) is 9.82. The second-order valence-corrected chi connectivity index (χ2v) is 4.72. The van der Waals surface area contributed by atoms with E-state index in [1.54, 1.807) is 0 Å². The van der Waals surface area contributed by atoms with Gasteiger partial charge in [-0.15, -0.1) is 10.2 Å². The second-order valence-electron chi connectivity index (χ2n) is 4.72. The predicted molar refractivity (Wildman–Crippen MR) is 59.4 cm³/mol. The molecular formula is C11H20N4. The number of aromatic nitrogens is 3. The molecule has 1 saturated carbocycles. The first-order valence-electron chi connectivity index (χ1n) is 5.75. The van der Waals surface area contributed by atoms with Crippen LogP contribution in [0.3, 0.4) is 0 Å². The molecule has 1 aromatic rings. The predicted octanol–water partition coefficient (Wildman–Crippen LogP) is 1.40. The largest absolute Gasteiger partial charge is 0.317 e. The average molecular weight is 208 g/mol. The minimum Gasteiger partial charge on any atom is -0.317 e. The molecule has 0 amide bonds. The van der Waals surface area contributed by atoms with Gasteiger partial charge in [-0.3, -0.25) is 0 Å². The number of hydrogen-bond donors (Lipinski definition) is 1. The summed E-state index contributed by atoms with van der Waals surface area (Å²) in [6.45, 7) is 5.15. The second kappa shape index (κ2) is 4.31. The van der Waals surface area contributed by atoms with Gasteiger partial charge in [0.05, 0.1) is 6.54 Å². The summed E-state index contributed by atoms with van der Waals surface area (Å²) in [4.78, 5) is 0. The Morgan fingerprint density at radius 1 is 1.40 bits per heavy atom. The third kappa shape index (κ3) is 2.37. The Balaban J connectivity index is 1.85. The third-order valence-electron chi connectivity index (χ3n) is 3.43. The van der Waals surface area contributed by atoms with Gasteiger partial charge in [-0.1, -0.05) is 6.92 Å². The van der Waals surface area contributed by atoms with Crippen molar-refractivity contribution in [3.8, 4) is 0 Å². The highest BCUT2D eigenvalue weighted by Crippen LogP contribution is 2.24. The van der Waals surface area contributed by atoms with Gasteiger partial charge in [-0.05, 0) is 32.1 Å². The van der Waals surface area contributed by atoms with Gasteiger partial charge in [0.1, 0.15) is 11.6 Å². The zero-order chi connectivity index (χ0) is 10.8. The van der Waals surface area contributed by atoms with Crippen LogP contribution in [0.4, 0.5) is 0 Å². The lowest BCUT2D eigenvalue weighted by molar-refractivity contribution is 0.488. The molecule has 2 unspecified atom stereocenters. The lowest BCUT2D eigenvalue weighted by Crippen LogP contribution is -2.27. The fourth-order valence-electron chi connectivity index (χ4n) is 2.23. The van der Waals surface area contributed by atoms with Crippen LogP contribution < -0.4 is 5.32 Å². The molecule has 15 heavy (non-hydrogen) atoms. The maximum Gasteiger partial charge on any atom is 0.146 e. The van der Waals surface area contributed by atoms with Gasteiger partial charge in [0, 0.05) is 13.1 Å². The Hall–Kier alpha value is -0.900. The molecule has 0 bridgehead atoms. The Kier molecular flexibility index (Phi) is 3.05. The summed E-state index contributed by atoms with van der Waals surface area (Å²) in [7, 11) is 2.02. The van der Waals surface area contributed by atoms with Crippen molar-refractivity contribution in [2.75, 3.05) is 0 Å². The van der Waals surface area contributed by atoms with Crippen molar-refractivity contribution in [1.82, 2.24) is 20.1 Å². The SMILES string of the molecule is Cc1nnc(CNC2CCC(C)C2)n1C. The topological polar surface area (TPSA) is 42.7 Å². The van der Waals surface area contributed by atoms with Gasteiger partial charge in [-0.2, -0.15) is 0 Å². The van der Waals surface area contributed by atoms with E-state index in [0.29, 0.717) is 6.04 Å². The monoisotopic (exact) mass is 208 g/mol. The molecule has 0 saturated heterocycles. The molecule has 1 aliphatic rings. The van der Waals surface area contributed by atoms with E-state index in [9.17, 15) is 0 Å². The van der Waals surface area contributed by atoms with Gasteiger partial charge < -0.3 is 9.88 Å². The number of nitrogens with zero attached hydrogens (tertiary/aromatic N) is 3. The minimum atomic E-state index is 0.678. The van der Waals surface area contributed by atoms with E-state index in [1.807, 2.05) is 18.5 Å². The first-order valence-corrected chi connectivity index (χ1v) is 5.75. The summed E-state index contributed by atoms with van der Waals surface area (Å²) in [5, 5.41) is 11.8. The summed E-state index contributed by atoms with van der Waals surface area (Å²) in [5.41, 5.74) is 0. The molecule has 1 heterocycles. The molecule has 4 nitrogen and oxygen atoms in total. The van der Waals surface area contributed by atoms with Crippen molar-refractivity contribution in [2.45, 2.75) is 45.7 Å². The van der Waals surface area contributed by atoms with E-state index in [0.717, 1.165) is 24.1 Å². The smallest absolute Gasteiger partial charge is 0.146 e. The molecule has 2 rings (SSSR count). The minimum absolute atomic E-state index is 0.678. The maximum absolute atomic E-state index is 4.15. The van der Waals surface area contributed by atoms with Crippen molar-refractivity contribution in [3.63, 3.8) is 0 Å². The first kappa shape index (κ1) is 10.6. The van der Waals surface area contributed by atoms with Crippen LogP contribution in [-0.2, 0) is 13.6 Å². The van der Waals surface area contributed by atoms with E-state index in [2.05, 4.69) is 22.4 Å². The van der Waals surface area contributed by atoms with E-state index in [-0.39, 0.29) is 0 Å². The van der Waals surface area contributed by atoms with Crippen LogP contribution in [-0.4, -0.2) is 20.8 Å². The average Bonchev–Trinajstić information content (AvgIpc) is 2.74. The maximum atomic E-state index is 4.15. The van der Waals surface area contributed by atoms with Gasteiger partial charge in [0.2, 0.25) is 0 Å². The van der Waals surface area contributed by atoms with Crippen LogP contribution >= 0.6 is 0 Å². The highest BCUT2D eigenvalue weighted by atomic mass is 15.3. The fraction of sp³-hybridized carbons (Fsp3) is 0.818. The summed E-state index contributed by atoms with van der Waals surface area (Å²) in [6.07, 6.45) is 3.96. The van der Waals surface area contributed by atoms with Crippen molar-refractivity contribution < 1.29 is 0 Å².